The summed E-state index contributed by atoms with van der Waals surface area (Å²) >= 11 is 0. The van der Waals surface area contributed by atoms with Gasteiger partial charge in [0.1, 0.15) is 5.82 Å². The predicted molar refractivity (Wildman–Crippen MR) is 130 cm³/mol. The third-order valence-corrected chi connectivity index (χ3v) is 8.11. The second kappa shape index (κ2) is 10.6. The molecule has 5 rings (SSSR count). The minimum atomic E-state index is -2.89. The number of hydrogen-bond donors (Lipinski definition) is 0. The van der Waals surface area contributed by atoms with Gasteiger partial charge >= 0.3 is 12.5 Å². The minimum absolute atomic E-state index is 0.0263. The first kappa shape index (κ1) is 26.0. The van der Waals surface area contributed by atoms with Crippen molar-refractivity contribution in [3.63, 3.8) is 0 Å². The summed E-state index contributed by atoms with van der Waals surface area (Å²) in [7, 11) is 0. The van der Waals surface area contributed by atoms with Crippen LogP contribution >= 0.6 is 0 Å². The molecule has 2 saturated carbocycles. The number of aromatic nitrogens is 2. The van der Waals surface area contributed by atoms with E-state index in [0.717, 1.165) is 18.8 Å². The molecule has 1 aromatic carbocycles. The van der Waals surface area contributed by atoms with Crippen LogP contribution in [0.4, 0.5) is 18.0 Å². The molecule has 37 heavy (non-hydrogen) atoms. The monoisotopic (exact) mass is 520 g/mol. The first-order valence-corrected chi connectivity index (χ1v) is 13.2. The van der Waals surface area contributed by atoms with E-state index in [0.29, 0.717) is 50.2 Å². The molecule has 7 nitrogen and oxygen atoms in total. The largest absolute Gasteiger partial charge is 0.415 e. The van der Waals surface area contributed by atoms with E-state index in [9.17, 15) is 13.6 Å². The van der Waals surface area contributed by atoms with Gasteiger partial charge in [0.15, 0.2) is 0 Å². The fraction of sp³-hybridized carbons (Fsp3) is 0.667. The van der Waals surface area contributed by atoms with Crippen molar-refractivity contribution < 1.29 is 27.1 Å². The van der Waals surface area contributed by atoms with Gasteiger partial charge in [-0.1, -0.05) is 19.9 Å². The van der Waals surface area contributed by atoms with Crippen LogP contribution in [-0.2, 0) is 11.3 Å². The average Bonchev–Trinajstić information content (AvgIpc) is 3.35. The smallest absolute Gasteiger partial charge is 0.320 e. The van der Waals surface area contributed by atoms with Crippen LogP contribution in [0.2, 0.25) is 0 Å². The van der Waals surface area contributed by atoms with Gasteiger partial charge in [0.2, 0.25) is 5.89 Å². The number of hydrogen-bond acceptors (Lipinski definition) is 5. The quantitative estimate of drug-likeness (QED) is 0.473. The zero-order valence-corrected chi connectivity index (χ0v) is 21.5. The number of fused-ring (bicyclic) bond motifs is 2. The average molecular weight is 521 g/mol. The van der Waals surface area contributed by atoms with E-state index in [1.807, 2.05) is 0 Å². The molecular formula is C27H35F3N4O3. The highest BCUT2D eigenvalue weighted by Gasteiger charge is 2.42. The fourth-order valence-electron chi connectivity index (χ4n) is 6.90. The first-order valence-electron chi connectivity index (χ1n) is 13.2. The van der Waals surface area contributed by atoms with Gasteiger partial charge in [0.05, 0.1) is 19.8 Å². The van der Waals surface area contributed by atoms with Crippen LogP contribution in [-0.4, -0.2) is 58.9 Å². The molecule has 202 valence electrons. The molecule has 3 aliphatic rings. The van der Waals surface area contributed by atoms with E-state index >= 15 is 4.39 Å². The Morgan fingerprint density at radius 3 is 2.49 bits per heavy atom. The highest BCUT2D eigenvalue weighted by Crippen LogP contribution is 2.50. The van der Waals surface area contributed by atoms with Gasteiger partial charge in [0.25, 0.3) is 5.89 Å². The highest BCUT2D eigenvalue weighted by molar-refractivity contribution is 5.74. The lowest BCUT2D eigenvalue weighted by atomic mass is 9.59. The number of carbonyl (C=O) groups is 1. The zero-order chi connectivity index (χ0) is 26.2. The number of urea groups is 1. The van der Waals surface area contributed by atoms with Crippen molar-refractivity contribution >= 4 is 6.03 Å². The lowest BCUT2D eigenvalue weighted by molar-refractivity contribution is 0.0118. The second-order valence-electron chi connectivity index (χ2n) is 11.6. The Morgan fingerprint density at radius 2 is 1.86 bits per heavy atom. The molecule has 2 atom stereocenters. The maximum atomic E-state index is 15.3. The summed E-state index contributed by atoms with van der Waals surface area (Å²) in [4.78, 5) is 17.2. The Hall–Kier alpha value is -2.62. The molecule has 2 bridgehead atoms. The Kier molecular flexibility index (Phi) is 7.47. The van der Waals surface area contributed by atoms with E-state index < -0.39 is 18.1 Å². The van der Waals surface area contributed by atoms with Crippen molar-refractivity contribution in [3.05, 3.63) is 35.5 Å². The van der Waals surface area contributed by atoms with E-state index in [1.54, 1.807) is 21.9 Å². The van der Waals surface area contributed by atoms with Crippen molar-refractivity contribution in [3.8, 4) is 11.5 Å². The molecular weight excluding hydrogens is 485 g/mol. The van der Waals surface area contributed by atoms with Crippen molar-refractivity contribution in [2.75, 3.05) is 32.8 Å². The van der Waals surface area contributed by atoms with Gasteiger partial charge in [-0.05, 0) is 67.4 Å². The van der Waals surface area contributed by atoms with E-state index in [1.165, 1.54) is 25.3 Å². The number of ether oxygens (including phenoxy) is 1. The molecule has 0 spiro atoms. The maximum absolute atomic E-state index is 15.3. The number of amides is 2. The molecule has 3 fully saturated rings. The lowest BCUT2D eigenvalue weighted by Crippen LogP contribution is -2.52. The third kappa shape index (κ3) is 5.94. The Morgan fingerprint density at radius 1 is 1.16 bits per heavy atom. The molecule has 0 radical (unpaired) electrons. The summed E-state index contributed by atoms with van der Waals surface area (Å²) in [6.07, 6.45) is 3.01. The number of alkyl halides is 2. The summed E-state index contributed by atoms with van der Waals surface area (Å²) in [6.45, 7) is 7.31. The molecule has 2 aromatic rings. The molecule has 2 unspecified atom stereocenters. The third-order valence-electron chi connectivity index (χ3n) is 8.11. The first-order chi connectivity index (χ1) is 17.7. The molecule has 2 aliphatic carbocycles. The normalized spacial score (nSPS) is 27.9. The van der Waals surface area contributed by atoms with Crippen molar-refractivity contribution in [1.29, 1.82) is 0 Å². The van der Waals surface area contributed by atoms with E-state index in [-0.39, 0.29) is 29.4 Å². The Balaban J connectivity index is 1.36. The number of benzene rings is 1. The van der Waals surface area contributed by atoms with Gasteiger partial charge in [-0.2, -0.15) is 8.78 Å². The number of halogens is 3. The van der Waals surface area contributed by atoms with Gasteiger partial charge in [-0.3, -0.25) is 0 Å². The number of rotatable bonds is 6. The molecule has 2 heterocycles. The van der Waals surface area contributed by atoms with Gasteiger partial charge in [0, 0.05) is 30.8 Å². The number of morpholine rings is 1. The summed E-state index contributed by atoms with van der Waals surface area (Å²) in [6, 6.07) is 4.22. The maximum Gasteiger partial charge on any atom is 0.320 e. The van der Waals surface area contributed by atoms with Crippen molar-refractivity contribution in [2.45, 2.75) is 58.9 Å². The van der Waals surface area contributed by atoms with Crippen LogP contribution in [0.15, 0.2) is 22.6 Å². The van der Waals surface area contributed by atoms with Crippen LogP contribution in [0, 0.1) is 29.0 Å². The second-order valence-corrected chi connectivity index (χ2v) is 11.6. The van der Waals surface area contributed by atoms with E-state index in [4.69, 9.17) is 9.15 Å². The van der Waals surface area contributed by atoms with Gasteiger partial charge in [-0.25, -0.2) is 9.18 Å². The summed E-state index contributed by atoms with van der Waals surface area (Å²) in [5, 5.41) is 6.91. The SMILES string of the molecule is CC1CC2CC(C1)CC(C)(CN(Cc1ccc(-c3nnc(C(F)F)o3)cc1F)C(=O)N1CCOCC1)C2. The highest BCUT2D eigenvalue weighted by atomic mass is 19.3. The predicted octanol–water partition coefficient (Wildman–Crippen LogP) is 5.92. The zero-order valence-electron chi connectivity index (χ0n) is 21.5. The van der Waals surface area contributed by atoms with Gasteiger partial charge in [-0.15, -0.1) is 10.2 Å². The van der Waals surface area contributed by atoms with Crippen molar-refractivity contribution in [2.24, 2.45) is 23.2 Å². The van der Waals surface area contributed by atoms with Gasteiger partial charge < -0.3 is 19.0 Å². The summed E-state index contributed by atoms with van der Waals surface area (Å²) in [5.41, 5.74) is 0.543. The van der Waals surface area contributed by atoms with Crippen LogP contribution in [0.1, 0.15) is 63.8 Å². The lowest BCUT2D eigenvalue weighted by Gasteiger charge is -2.49. The molecule has 1 aromatic heterocycles. The van der Waals surface area contributed by atoms with Crippen LogP contribution in [0.25, 0.3) is 11.5 Å². The van der Waals surface area contributed by atoms with Crippen LogP contribution < -0.4 is 0 Å². The molecule has 0 N–H and O–H groups in total. The fourth-order valence-corrected chi connectivity index (χ4v) is 6.90. The summed E-state index contributed by atoms with van der Waals surface area (Å²) < 4.78 is 51.3. The minimum Gasteiger partial charge on any atom is -0.415 e. The molecule has 1 aliphatic heterocycles. The topological polar surface area (TPSA) is 71.7 Å². The van der Waals surface area contributed by atoms with Crippen molar-refractivity contribution in [1.82, 2.24) is 20.0 Å². The molecule has 10 heteroatoms. The summed E-state index contributed by atoms with van der Waals surface area (Å²) in [5.74, 6) is 0.586. The Labute approximate surface area is 215 Å². The van der Waals surface area contributed by atoms with Crippen LogP contribution in [0.3, 0.4) is 0 Å². The standard InChI is InChI=1S/C27H35F3N4O3/c1-17-9-18-11-19(10-17)14-27(2,13-18)16-34(26(35)33-5-7-36-8-6-33)15-21-4-3-20(12-22(21)28)24-31-32-25(37-24)23(29)30/h3-4,12,17-19,23H,5-11,13-16H2,1-2H3. The van der Waals surface area contributed by atoms with Crippen LogP contribution in [0.5, 0.6) is 0 Å². The Bertz CT molecular complexity index is 1090. The number of nitrogens with zero attached hydrogens (tertiary/aromatic N) is 4. The van der Waals surface area contributed by atoms with E-state index in [2.05, 4.69) is 24.0 Å². The molecule has 2 amide bonds. The molecule has 1 saturated heterocycles. The number of carbonyl (C=O) groups excluding carboxylic acids is 1.